The Kier molecular flexibility index (Phi) is 4.37. The van der Waals surface area contributed by atoms with Gasteiger partial charge in [0.15, 0.2) is 0 Å². The first kappa shape index (κ1) is 13.9. The Morgan fingerprint density at radius 2 is 2.00 bits per heavy atom. The van der Waals surface area contributed by atoms with E-state index < -0.39 is 0 Å². The second-order valence-corrected chi connectivity index (χ2v) is 6.85. The fourth-order valence-corrected chi connectivity index (χ4v) is 2.97. The van der Waals surface area contributed by atoms with Crippen LogP contribution in [0.1, 0.15) is 23.7 Å². The van der Waals surface area contributed by atoms with E-state index in [1.54, 1.807) is 11.3 Å². The molecule has 2 heterocycles. The van der Waals surface area contributed by atoms with Crippen LogP contribution in [0, 0.1) is 0 Å². The van der Waals surface area contributed by atoms with Crippen molar-refractivity contribution in [3.63, 3.8) is 0 Å². The summed E-state index contributed by atoms with van der Waals surface area (Å²) in [5, 5.41) is 1.21. The van der Waals surface area contributed by atoms with Crippen LogP contribution >= 0.6 is 11.3 Å². The zero-order valence-corrected chi connectivity index (χ0v) is 12.5. The maximum absolute atomic E-state index is 6.08. The highest BCUT2D eigenvalue weighted by molar-refractivity contribution is 7.11. The van der Waals surface area contributed by atoms with Crippen LogP contribution in [0.4, 0.5) is 0 Å². The van der Waals surface area contributed by atoms with Crippen LogP contribution in [0.25, 0.3) is 0 Å². The highest BCUT2D eigenvalue weighted by atomic mass is 32.1. The van der Waals surface area contributed by atoms with Crippen molar-refractivity contribution < 1.29 is 0 Å². The van der Waals surface area contributed by atoms with Gasteiger partial charge >= 0.3 is 0 Å². The van der Waals surface area contributed by atoms with E-state index in [2.05, 4.69) is 21.8 Å². The highest BCUT2D eigenvalue weighted by Gasteiger charge is 2.18. The summed E-state index contributed by atoms with van der Waals surface area (Å²) in [6.07, 6.45) is 2.98. The largest absolute Gasteiger partial charge is 0.321 e. The molecule has 2 rings (SSSR count). The van der Waals surface area contributed by atoms with Crippen molar-refractivity contribution in [3.8, 4) is 0 Å². The predicted molar refractivity (Wildman–Crippen MR) is 77.0 cm³/mol. The average Bonchev–Trinajstić information content (AvgIpc) is 2.77. The topological polar surface area (TPSA) is 45.4 Å². The lowest BCUT2D eigenvalue weighted by molar-refractivity contribution is 0.155. The third kappa shape index (κ3) is 3.75. The van der Waals surface area contributed by atoms with Crippen molar-refractivity contribution >= 4 is 11.3 Å². The number of nitrogens with zero attached hydrogens (tertiary/aromatic N) is 3. The molecule has 2 N–H and O–H groups in total. The number of aromatic nitrogens is 1. The lowest BCUT2D eigenvalue weighted by Gasteiger charge is -2.32. The number of rotatable bonds is 4. The summed E-state index contributed by atoms with van der Waals surface area (Å²) in [5.74, 6) is 0. The molecule has 0 aromatic carbocycles. The van der Waals surface area contributed by atoms with Crippen molar-refractivity contribution in [1.82, 2.24) is 14.8 Å². The van der Waals surface area contributed by atoms with E-state index >= 15 is 0 Å². The number of hydrogen-bond donors (Lipinski definition) is 1. The summed E-state index contributed by atoms with van der Waals surface area (Å²) < 4.78 is 0. The lowest BCUT2D eigenvalue weighted by Crippen LogP contribution is -2.45. The van der Waals surface area contributed by atoms with Crippen LogP contribution in [0.2, 0.25) is 0 Å². The number of thiazole rings is 1. The summed E-state index contributed by atoms with van der Waals surface area (Å²) in [6.45, 7) is 9.90. The fourth-order valence-electron chi connectivity index (χ4n) is 2.05. The van der Waals surface area contributed by atoms with Gasteiger partial charge in [0.05, 0.1) is 5.01 Å². The van der Waals surface area contributed by atoms with E-state index in [0.717, 1.165) is 13.0 Å². The van der Waals surface area contributed by atoms with Crippen molar-refractivity contribution in [1.29, 1.82) is 0 Å². The molecule has 0 amide bonds. The number of likely N-dealkylation sites (N-methyl/N-ethyl adjacent to an activating group) is 1. The molecule has 0 unspecified atom stereocenters. The Morgan fingerprint density at radius 1 is 1.33 bits per heavy atom. The van der Waals surface area contributed by atoms with Gasteiger partial charge < -0.3 is 15.5 Å². The zero-order valence-electron chi connectivity index (χ0n) is 11.6. The third-order valence-electron chi connectivity index (χ3n) is 3.43. The van der Waals surface area contributed by atoms with Gasteiger partial charge in [-0.3, -0.25) is 0 Å². The van der Waals surface area contributed by atoms with Gasteiger partial charge in [0.2, 0.25) is 0 Å². The quantitative estimate of drug-likeness (QED) is 0.889. The number of nitrogens with two attached hydrogens (primary N) is 1. The Bertz CT molecular complexity index is 375. The van der Waals surface area contributed by atoms with Crippen molar-refractivity contribution in [2.45, 2.75) is 25.8 Å². The minimum Gasteiger partial charge on any atom is -0.321 e. The molecule has 1 aromatic rings. The fraction of sp³-hybridized carbons (Fsp3) is 0.769. The van der Waals surface area contributed by atoms with Gasteiger partial charge in [0.1, 0.15) is 0 Å². The van der Waals surface area contributed by atoms with Crippen LogP contribution in [-0.2, 0) is 12.0 Å². The molecule has 0 saturated carbocycles. The summed E-state index contributed by atoms with van der Waals surface area (Å²) in [4.78, 5) is 10.6. The summed E-state index contributed by atoms with van der Waals surface area (Å²) in [7, 11) is 2.19. The Morgan fingerprint density at radius 3 is 2.56 bits per heavy atom. The molecule has 1 saturated heterocycles. The molecule has 0 bridgehead atoms. The monoisotopic (exact) mass is 268 g/mol. The molecule has 1 aliphatic rings. The molecular formula is C13H24N4S. The van der Waals surface area contributed by atoms with Gasteiger partial charge in [0.25, 0.3) is 0 Å². The molecule has 0 aliphatic carbocycles. The average molecular weight is 268 g/mol. The molecule has 1 aliphatic heterocycles. The minimum atomic E-state index is -0.260. The van der Waals surface area contributed by atoms with E-state index in [4.69, 9.17) is 5.73 Å². The van der Waals surface area contributed by atoms with Gasteiger partial charge in [-0.15, -0.1) is 11.3 Å². The molecule has 0 atom stereocenters. The van der Waals surface area contributed by atoms with Crippen LogP contribution in [0.3, 0.4) is 0 Å². The normalized spacial score (nSPS) is 19.3. The summed E-state index contributed by atoms with van der Waals surface area (Å²) in [5.41, 5.74) is 5.82. The molecule has 1 aromatic heterocycles. The van der Waals surface area contributed by atoms with E-state index in [1.807, 2.05) is 20.0 Å². The molecule has 5 heteroatoms. The van der Waals surface area contributed by atoms with Gasteiger partial charge in [-0.25, -0.2) is 4.98 Å². The van der Waals surface area contributed by atoms with E-state index in [0.29, 0.717) is 0 Å². The molecule has 1 fully saturated rings. The summed E-state index contributed by atoms with van der Waals surface area (Å²) in [6, 6.07) is 0. The van der Waals surface area contributed by atoms with Crippen molar-refractivity contribution in [2.24, 2.45) is 5.73 Å². The highest BCUT2D eigenvalue weighted by Crippen LogP contribution is 2.24. The SMILES string of the molecule is CN1CCN(CCc2ncc(C(C)(C)N)s2)CC1. The van der Waals surface area contributed by atoms with Crippen LogP contribution in [0.15, 0.2) is 6.20 Å². The number of piperazine rings is 1. The Hall–Kier alpha value is -0.490. The predicted octanol–water partition coefficient (Wildman–Crippen LogP) is 1.13. The first-order valence-electron chi connectivity index (χ1n) is 6.60. The molecule has 102 valence electrons. The van der Waals surface area contributed by atoms with Crippen LogP contribution in [-0.4, -0.2) is 54.6 Å². The first-order chi connectivity index (χ1) is 8.45. The first-order valence-corrected chi connectivity index (χ1v) is 7.42. The van der Waals surface area contributed by atoms with Crippen molar-refractivity contribution in [3.05, 3.63) is 16.1 Å². The molecular weight excluding hydrogens is 244 g/mol. The van der Waals surface area contributed by atoms with Gasteiger partial charge in [0, 0.05) is 55.8 Å². The van der Waals surface area contributed by atoms with Gasteiger partial charge in [-0.2, -0.15) is 0 Å². The van der Waals surface area contributed by atoms with Crippen LogP contribution < -0.4 is 5.73 Å². The van der Waals surface area contributed by atoms with E-state index in [-0.39, 0.29) is 5.54 Å². The second kappa shape index (κ2) is 5.65. The lowest BCUT2D eigenvalue weighted by atomic mass is 10.1. The minimum absolute atomic E-state index is 0.260. The maximum atomic E-state index is 6.08. The Balaban J connectivity index is 1.82. The summed E-state index contributed by atoms with van der Waals surface area (Å²) >= 11 is 1.76. The maximum Gasteiger partial charge on any atom is 0.0941 e. The standard InChI is InChI=1S/C13H24N4S/c1-13(2,14)11-10-15-12(18-11)4-5-17-8-6-16(3)7-9-17/h10H,4-9,14H2,1-3H3. The molecule has 0 radical (unpaired) electrons. The zero-order chi connectivity index (χ0) is 13.2. The van der Waals surface area contributed by atoms with Gasteiger partial charge in [-0.05, 0) is 20.9 Å². The van der Waals surface area contributed by atoms with E-state index in [1.165, 1.54) is 36.1 Å². The van der Waals surface area contributed by atoms with E-state index in [9.17, 15) is 0 Å². The van der Waals surface area contributed by atoms with Gasteiger partial charge in [-0.1, -0.05) is 0 Å². The van der Waals surface area contributed by atoms with Crippen molar-refractivity contribution in [2.75, 3.05) is 39.8 Å². The second-order valence-electron chi connectivity index (χ2n) is 5.73. The number of hydrogen-bond acceptors (Lipinski definition) is 5. The third-order valence-corrected chi connectivity index (χ3v) is 4.82. The Labute approximate surface area is 114 Å². The molecule has 18 heavy (non-hydrogen) atoms. The molecule has 4 nitrogen and oxygen atoms in total. The smallest absolute Gasteiger partial charge is 0.0941 e. The molecule has 0 spiro atoms. The van der Waals surface area contributed by atoms with Crippen LogP contribution in [0.5, 0.6) is 0 Å².